The first-order chi connectivity index (χ1) is 9.17. The van der Waals surface area contributed by atoms with Crippen LogP contribution in [0.5, 0.6) is 5.75 Å². The number of ether oxygens (including phenoxy) is 1. The molecule has 1 aromatic carbocycles. The van der Waals surface area contributed by atoms with Crippen molar-refractivity contribution in [3.05, 3.63) is 23.2 Å². The number of rotatable bonds is 8. The minimum Gasteiger partial charge on any atom is -0.497 e. The Morgan fingerprint density at radius 1 is 1.32 bits per heavy atom. The summed E-state index contributed by atoms with van der Waals surface area (Å²) in [6.45, 7) is 0.714. The van der Waals surface area contributed by atoms with Crippen LogP contribution in [0.15, 0.2) is 18.2 Å². The molecule has 0 aliphatic heterocycles. The minimum absolute atomic E-state index is 0.0251. The second-order valence-corrected chi connectivity index (χ2v) is 4.75. The van der Waals surface area contributed by atoms with E-state index in [0.717, 1.165) is 25.7 Å². The van der Waals surface area contributed by atoms with Crippen LogP contribution in [-0.2, 0) is 4.79 Å². The van der Waals surface area contributed by atoms with E-state index in [9.17, 15) is 4.79 Å². The van der Waals surface area contributed by atoms with E-state index in [0.29, 0.717) is 29.4 Å². The molecule has 0 atom stereocenters. The van der Waals surface area contributed by atoms with Gasteiger partial charge in [0.25, 0.3) is 0 Å². The van der Waals surface area contributed by atoms with E-state index in [1.807, 2.05) is 0 Å². The lowest BCUT2D eigenvalue weighted by molar-refractivity contribution is -0.116. The summed E-state index contributed by atoms with van der Waals surface area (Å²) in [5.41, 5.74) is 6.00. The van der Waals surface area contributed by atoms with Gasteiger partial charge in [-0.05, 0) is 31.5 Å². The van der Waals surface area contributed by atoms with Crippen LogP contribution in [0.3, 0.4) is 0 Å². The summed E-state index contributed by atoms with van der Waals surface area (Å²) in [4.78, 5) is 11.8. The van der Waals surface area contributed by atoms with E-state index < -0.39 is 0 Å². The monoisotopic (exact) mass is 284 g/mol. The van der Waals surface area contributed by atoms with Crippen molar-refractivity contribution in [2.75, 3.05) is 19.0 Å². The Morgan fingerprint density at radius 3 is 2.74 bits per heavy atom. The fraction of sp³-hybridized carbons (Fsp3) is 0.500. The van der Waals surface area contributed by atoms with E-state index in [1.54, 1.807) is 25.3 Å². The third kappa shape index (κ3) is 5.94. The molecule has 0 unspecified atom stereocenters. The number of nitrogens with one attached hydrogen (secondary N) is 1. The van der Waals surface area contributed by atoms with Crippen LogP contribution in [0.25, 0.3) is 0 Å². The number of carbonyl (C=O) groups is 1. The molecule has 0 aliphatic carbocycles. The van der Waals surface area contributed by atoms with Gasteiger partial charge in [-0.2, -0.15) is 0 Å². The number of anilines is 1. The number of amides is 1. The second-order valence-electron chi connectivity index (χ2n) is 4.35. The molecule has 106 valence electrons. The van der Waals surface area contributed by atoms with Crippen molar-refractivity contribution < 1.29 is 9.53 Å². The van der Waals surface area contributed by atoms with E-state index in [1.165, 1.54) is 0 Å². The molecule has 0 fully saturated rings. The Kier molecular flexibility index (Phi) is 7.30. The molecule has 0 bridgehead atoms. The second kappa shape index (κ2) is 8.77. The zero-order valence-electron chi connectivity index (χ0n) is 11.2. The van der Waals surface area contributed by atoms with Gasteiger partial charge in [0.1, 0.15) is 5.75 Å². The number of halogens is 1. The summed E-state index contributed by atoms with van der Waals surface area (Å²) in [6.07, 6.45) is 4.48. The lowest BCUT2D eigenvalue weighted by Gasteiger charge is -2.09. The molecule has 0 heterocycles. The maximum absolute atomic E-state index is 11.8. The number of unbranched alkanes of at least 4 members (excludes halogenated alkanes) is 3. The van der Waals surface area contributed by atoms with Crippen molar-refractivity contribution in [1.82, 2.24) is 0 Å². The smallest absolute Gasteiger partial charge is 0.224 e. The fourth-order valence-corrected chi connectivity index (χ4v) is 1.89. The molecule has 1 aromatic rings. The van der Waals surface area contributed by atoms with Gasteiger partial charge in [0.15, 0.2) is 0 Å². The van der Waals surface area contributed by atoms with E-state index in [2.05, 4.69) is 5.32 Å². The topological polar surface area (TPSA) is 64.3 Å². The predicted octanol–water partition coefficient (Wildman–Crippen LogP) is 3.20. The molecule has 5 heteroatoms. The lowest BCUT2D eigenvalue weighted by atomic mass is 10.1. The van der Waals surface area contributed by atoms with Crippen LogP contribution < -0.4 is 15.8 Å². The van der Waals surface area contributed by atoms with Crippen molar-refractivity contribution in [1.29, 1.82) is 0 Å². The van der Waals surface area contributed by atoms with Crippen molar-refractivity contribution in [2.24, 2.45) is 5.73 Å². The van der Waals surface area contributed by atoms with Gasteiger partial charge >= 0.3 is 0 Å². The number of methoxy groups -OCH3 is 1. The summed E-state index contributed by atoms with van der Waals surface area (Å²) in [5, 5.41) is 3.31. The van der Waals surface area contributed by atoms with Crippen LogP contribution in [-0.4, -0.2) is 19.6 Å². The largest absolute Gasteiger partial charge is 0.497 e. The molecule has 0 spiro atoms. The first kappa shape index (κ1) is 15.8. The molecule has 0 aliphatic rings. The van der Waals surface area contributed by atoms with Crippen LogP contribution in [0.4, 0.5) is 5.69 Å². The van der Waals surface area contributed by atoms with Crippen LogP contribution in [0.2, 0.25) is 5.02 Å². The van der Waals surface area contributed by atoms with Crippen molar-refractivity contribution in [3.8, 4) is 5.75 Å². The van der Waals surface area contributed by atoms with E-state index >= 15 is 0 Å². The Hall–Kier alpha value is -1.26. The van der Waals surface area contributed by atoms with Gasteiger partial charge in [0.05, 0.1) is 17.8 Å². The highest BCUT2D eigenvalue weighted by Crippen LogP contribution is 2.26. The highest BCUT2D eigenvalue weighted by Gasteiger charge is 2.07. The van der Waals surface area contributed by atoms with Crippen LogP contribution in [0.1, 0.15) is 32.1 Å². The zero-order chi connectivity index (χ0) is 14.1. The SMILES string of the molecule is COc1ccc(Cl)c(NC(=O)CCCCCCN)c1. The van der Waals surface area contributed by atoms with E-state index in [4.69, 9.17) is 22.1 Å². The van der Waals surface area contributed by atoms with Crippen LogP contribution in [0, 0.1) is 0 Å². The van der Waals surface area contributed by atoms with Gasteiger partial charge in [-0.3, -0.25) is 4.79 Å². The molecule has 1 rings (SSSR count). The number of carbonyl (C=O) groups excluding carboxylic acids is 1. The number of hydrogen-bond donors (Lipinski definition) is 2. The predicted molar refractivity (Wildman–Crippen MR) is 78.8 cm³/mol. The molecule has 0 aromatic heterocycles. The Balaban J connectivity index is 2.39. The van der Waals surface area contributed by atoms with Crippen molar-refractivity contribution in [2.45, 2.75) is 32.1 Å². The fourth-order valence-electron chi connectivity index (χ4n) is 1.72. The van der Waals surface area contributed by atoms with Gasteiger partial charge < -0.3 is 15.8 Å². The molecule has 4 nitrogen and oxygen atoms in total. The van der Waals surface area contributed by atoms with Gasteiger partial charge in [-0.1, -0.05) is 24.4 Å². The van der Waals surface area contributed by atoms with Gasteiger partial charge in [-0.25, -0.2) is 0 Å². The molecule has 1 amide bonds. The molecular weight excluding hydrogens is 264 g/mol. The lowest BCUT2D eigenvalue weighted by Crippen LogP contribution is -2.11. The molecule has 0 radical (unpaired) electrons. The minimum atomic E-state index is -0.0251. The Bertz CT molecular complexity index is 410. The highest BCUT2D eigenvalue weighted by molar-refractivity contribution is 6.33. The average Bonchev–Trinajstić information content (AvgIpc) is 2.41. The first-order valence-electron chi connectivity index (χ1n) is 6.51. The Labute approximate surface area is 119 Å². The quantitative estimate of drug-likeness (QED) is 0.721. The third-order valence-corrected chi connectivity index (χ3v) is 3.14. The summed E-state index contributed by atoms with van der Waals surface area (Å²) in [6, 6.07) is 5.18. The number of nitrogens with two attached hydrogens (primary N) is 1. The zero-order valence-corrected chi connectivity index (χ0v) is 12.0. The highest BCUT2D eigenvalue weighted by atomic mass is 35.5. The van der Waals surface area contributed by atoms with Gasteiger partial charge in [0, 0.05) is 12.5 Å². The molecule has 0 saturated heterocycles. The van der Waals surface area contributed by atoms with E-state index in [-0.39, 0.29) is 5.91 Å². The number of hydrogen-bond acceptors (Lipinski definition) is 3. The summed E-state index contributed by atoms with van der Waals surface area (Å²) < 4.78 is 5.10. The standard InChI is InChI=1S/C14H21ClN2O2/c1-19-11-7-8-12(15)13(10-11)17-14(18)6-4-2-3-5-9-16/h7-8,10H,2-6,9,16H2,1H3,(H,17,18). The summed E-state index contributed by atoms with van der Waals surface area (Å²) >= 11 is 6.02. The van der Waals surface area contributed by atoms with Gasteiger partial charge in [-0.15, -0.1) is 0 Å². The molecular formula is C14H21ClN2O2. The molecule has 0 saturated carbocycles. The summed E-state index contributed by atoms with van der Waals surface area (Å²) in [5.74, 6) is 0.644. The molecule has 3 N–H and O–H groups in total. The van der Waals surface area contributed by atoms with Crippen molar-refractivity contribution in [3.63, 3.8) is 0 Å². The van der Waals surface area contributed by atoms with Crippen LogP contribution >= 0.6 is 11.6 Å². The summed E-state index contributed by atoms with van der Waals surface area (Å²) in [7, 11) is 1.58. The average molecular weight is 285 g/mol. The first-order valence-corrected chi connectivity index (χ1v) is 6.88. The maximum atomic E-state index is 11.8. The normalized spacial score (nSPS) is 10.3. The van der Waals surface area contributed by atoms with Gasteiger partial charge in [0.2, 0.25) is 5.91 Å². The maximum Gasteiger partial charge on any atom is 0.224 e. The molecule has 19 heavy (non-hydrogen) atoms. The third-order valence-electron chi connectivity index (χ3n) is 2.81. The van der Waals surface area contributed by atoms with Crippen molar-refractivity contribution >= 4 is 23.2 Å². The Morgan fingerprint density at radius 2 is 2.05 bits per heavy atom. The number of benzene rings is 1.